The second-order valence-corrected chi connectivity index (χ2v) is 5.59. The van der Waals surface area contributed by atoms with Crippen molar-refractivity contribution in [1.82, 2.24) is 10.3 Å². The number of pyridine rings is 1. The van der Waals surface area contributed by atoms with Gasteiger partial charge in [-0.3, -0.25) is 9.59 Å². The topological polar surface area (TPSA) is 71.2 Å². The van der Waals surface area contributed by atoms with E-state index < -0.39 is 0 Å². The molecule has 5 nitrogen and oxygen atoms in total. The number of amides is 1. The fourth-order valence-corrected chi connectivity index (χ4v) is 2.55. The fraction of sp³-hybridized carbons (Fsp3) is 0.111. The van der Waals surface area contributed by atoms with E-state index in [1.807, 2.05) is 18.2 Å². The predicted octanol–water partition coefficient (Wildman–Crippen LogP) is 2.88. The molecular formula is C18H15ClN2O3. The second kappa shape index (κ2) is 7.19. The molecule has 0 bridgehead atoms. The summed E-state index contributed by atoms with van der Waals surface area (Å²) in [5.41, 5.74) is 0.644. The zero-order chi connectivity index (χ0) is 16.9. The van der Waals surface area contributed by atoms with Crippen LogP contribution in [-0.4, -0.2) is 17.5 Å². The summed E-state index contributed by atoms with van der Waals surface area (Å²) in [6.45, 7) is 0.188. The third-order valence-electron chi connectivity index (χ3n) is 3.57. The van der Waals surface area contributed by atoms with Gasteiger partial charge in [-0.2, -0.15) is 0 Å². The van der Waals surface area contributed by atoms with Gasteiger partial charge in [0.25, 0.3) is 11.5 Å². The van der Waals surface area contributed by atoms with E-state index in [9.17, 15) is 9.59 Å². The molecule has 0 radical (unpaired) electrons. The number of aromatic amines is 1. The Labute approximate surface area is 143 Å². The SMILES string of the molecule is O=C(COc1cccc2c(=O)[nH]ccc12)NCc1ccccc1Cl. The van der Waals surface area contributed by atoms with Gasteiger partial charge in [0.2, 0.25) is 0 Å². The first kappa shape index (κ1) is 16.1. The molecule has 0 atom stereocenters. The molecule has 0 fully saturated rings. The molecule has 0 saturated heterocycles. The molecule has 6 heteroatoms. The van der Waals surface area contributed by atoms with Crippen LogP contribution in [0.15, 0.2) is 59.5 Å². The Kier molecular flexibility index (Phi) is 4.82. The molecule has 0 aliphatic heterocycles. The lowest BCUT2D eigenvalue weighted by Crippen LogP contribution is -2.28. The molecule has 0 spiro atoms. The van der Waals surface area contributed by atoms with Gasteiger partial charge in [-0.05, 0) is 29.8 Å². The third-order valence-corrected chi connectivity index (χ3v) is 3.94. The number of halogens is 1. The van der Waals surface area contributed by atoms with Crippen LogP contribution in [0.4, 0.5) is 0 Å². The first-order valence-electron chi connectivity index (χ1n) is 7.38. The van der Waals surface area contributed by atoms with Gasteiger partial charge in [-0.1, -0.05) is 35.9 Å². The van der Waals surface area contributed by atoms with Crippen LogP contribution in [0.1, 0.15) is 5.56 Å². The summed E-state index contributed by atoms with van der Waals surface area (Å²) in [5.74, 6) is 0.225. The van der Waals surface area contributed by atoms with E-state index in [-0.39, 0.29) is 18.1 Å². The van der Waals surface area contributed by atoms with Crippen molar-refractivity contribution in [2.75, 3.05) is 6.61 Å². The van der Waals surface area contributed by atoms with Crippen molar-refractivity contribution in [3.63, 3.8) is 0 Å². The smallest absolute Gasteiger partial charge is 0.258 e. The van der Waals surface area contributed by atoms with E-state index in [1.54, 1.807) is 36.5 Å². The number of benzene rings is 2. The molecule has 3 rings (SSSR count). The van der Waals surface area contributed by atoms with E-state index in [1.165, 1.54) is 0 Å². The second-order valence-electron chi connectivity index (χ2n) is 5.18. The highest BCUT2D eigenvalue weighted by Crippen LogP contribution is 2.22. The van der Waals surface area contributed by atoms with Gasteiger partial charge in [0.05, 0.1) is 5.39 Å². The monoisotopic (exact) mass is 342 g/mol. The standard InChI is InChI=1S/C18H15ClN2O3/c19-15-6-2-1-4-12(15)10-21-17(22)11-24-16-7-3-5-14-13(16)8-9-20-18(14)23/h1-9H,10-11H2,(H,20,23)(H,21,22). The molecule has 0 saturated carbocycles. The molecule has 1 aromatic heterocycles. The largest absolute Gasteiger partial charge is 0.483 e. The molecule has 122 valence electrons. The highest BCUT2D eigenvalue weighted by Gasteiger charge is 2.08. The molecular weight excluding hydrogens is 328 g/mol. The number of fused-ring (bicyclic) bond motifs is 1. The maximum Gasteiger partial charge on any atom is 0.258 e. The van der Waals surface area contributed by atoms with Gasteiger partial charge >= 0.3 is 0 Å². The molecule has 0 aliphatic carbocycles. The zero-order valence-electron chi connectivity index (χ0n) is 12.7. The number of carbonyl (C=O) groups is 1. The van der Waals surface area contributed by atoms with Gasteiger partial charge in [0, 0.05) is 23.2 Å². The summed E-state index contributed by atoms with van der Waals surface area (Å²) in [6.07, 6.45) is 1.55. The molecule has 1 amide bonds. The van der Waals surface area contributed by atoms with E-state index in [0.29, 0.717) is 28.1 Å². The molecule has 3 aromatic rings. The maximum absolute atomic E-state index is 12.0. The average molecular weight is 343 g/mol. The van der Waals surface area contributed by atoms with E-state index in [0.717, 1.165) is 5.56 Å². The van der Waals surface area contributed by atoms with Crippen LogP contribution in [0.3, 0.4) is 0 Å². The summed E-state index contributed by atoms with van der Waals surface area (Å²) >= 11 is 6.05. The van der Waals surface area contributed by atoms with Gasteiger partial charge in [0.1, 0.15) is 5.75 Å². The highest BCUT2D eigenvalue weighted by molar-refractivity contribution is 6.31. The lowest BCUT2D eigenvalue weighted by Gasteiger charge is -2.10. The lowest BCUT2D eigenvalue weighted by atomic mass is 10.1. The van der Waals surface area contributed by atoms with Crippen molar-refractivity contribution in [2.45, 2.75) is 6.54 Å². The summed E-state index contributed by atoms with van der Waals surface area (Å²) in [6, 6.07) is 14.2. The molecule has 2 aromatic carbocycles. The van der Waals surface area contributed by atoms with Crippen molar-refractivity contribution >= 4 is 28.3 Å². The number of aromatic nitrogens is 1. The normalized spacial score (nSPS) is 10.5. The van der Waals surface area contributed by atoms with Crippen LogP contribution in [0, 0.1) is 0 Å². The summed E-state index contributed by atoms with van der Waals surface area (Å²) in [7, 11) is 0. The Bertz CT molecular complexity index is 937. The van der Waals surface area contributed by atoms with Gasteiger partial charge in [-0.25, -0.2) is 0 Å². The molecule has 2 N–H and O–H groups in total. The number of rotatable bonds is 5. The van der Waals surface area contributed by atoms with E-state index in [2.05, 4.69) is 10.3 Å². The first-order chi connectivity index (χ1) is 11.6. The maximum atomic E-state index is 12.0. The first-order valence-corrected chi connectivity index (χ1v) is 7.76. The van der Waals surface area contributed by atoms with Crippen molar-refractivity contribution < 1.29 is 9.53 Å². The van der Waals surface area contributed by atoms with Crippen molar-refractivity contribution in [1.29, 1.82) is 0 Å². The van der Waals surface area contributed by atoms with Crippen LogP contribution in [-0.2, 0) is 11.3 Å². The lowest BCUT2D eigenvalue weighted by molar-refractivity contribution is -0.123. The molecule has 24 heavy (non-hydrogen) atoms. The summed E-state index contributed by atoms with van der Waals surface area (Å²) in [5, 5.41) is 4.54. The van der Waals surface area contributed by atoms with Crippen molar-refractivity contribution in [3.05, 3.63) is 75.7 Å². The number of nitrogens with one attached hydrogen (secondary N) is 2. The van der Waals surface area contributed by atoms with Gasteiger partial charge in [0.15, 0.2) is 6.61 Å². The van der Waals surface area contributed by atoms with Crippen LogP contribution < -0.4 is 15.6 Å². The number of carbonyl (C=O) groups excluding carboxylic acids is 1. The highest BCUT2D eigenvalue weighted by atomic mass is 35.5. The summed E-state index contributed by atoms with van der Waals surface area (Å²) < 4.78 is 5.56. The number of ether oxygens (including phenoxy) is 1. The average Bonchev–Trinajstić information content (AvgIpc) is 2.60. The summed E-state index contributed by atoms with van der Waals surface area (Å²) in [4.78, 5) is 26.3. The Morgan fingerprint density at radius 1 is 1.08 bits per heavy atom. The quantitative estimate of drug-likeness (QED) is 0.749. The number of hydrogen-bond acceptors (Lipinski definition) is 3. The molecule has 0 unspecified atom stereocenters. The van der Waals surface area contributed by atoms with Gasteiger partial charge < -0.3 is 15.0 Å². The number of hydrogen-bond donors (Lipinski definition) is 2. The van der Waals surface area contributed by atoms with Crippen molar-refractivity contribution in [2.24, 2.45) is 0 Å². The third kappa shape index (κ3) is 3.58. The Morgan fingerprint density at radius 3 is 2.75 bits per heavy atom. The molecule has 1 heterocycles. The fourth-order valence-electron chi connectivity index (χ4n) is 2.35. The Balaban J connectivity index is 1.64. The van der Waals surface area contributed by atoms with Crippen LogP contribution in [0.5, 0.6) is 5.75 Å². The minimum Gasteiger partial charge on any atom is -0.483 e. The van der Waals surface area contributed by atoms with Crippen LogP contribution in [0.2, 0.25) is 5.02 Å². The predicted molar refractivity (Wildman–Crippen MR) is 93.4 cm³/mol. The Morgan fingerprint density at radius 2 is 1.92 bits per heavy atom. The van der Waals surface area contributed by atoms with Crippen LogP contribution >= 0.6 is 11.6 Å². The molecule has 0 aliphatic rings. The van der Waals surface area contributed by atoms with E-state index in [4.69, 9.17) is 16.3 Å². The van der Waals surface area contributed by atoms with Crippen LogP contribution in [0.25, 0.3) is 10.8 Å². The van der Waals surface area contributed by atoms with Crippen molar-refractivity contribution in [3.8, 4) is 5.75 Å². The zero-order valence-corrected chi connectivity index (χ0v) is 13.5. The minimum atomic E-state index is -0.267. The Hall–Kier alpha value is -2.79. The van der Waals surface area contributed by atoms with E-state index >= 15 is 0 Å². The van der Waals surface area contributed by atoms with Gasteiger partial charge in [-0.15, -0.1) is 0 Å². The number of H-pyrrole nitrogens is 1. The minimum absolute atomic E-state index is 0.142.